The molecule has 1 aliphatic rings. The van der Waals surface area contributed by atoms with Gasteiger partial charge in [-0.2, -0.15) is 0 Å². The molecule has 1 aromatic rings. The lowest BCUT2D eigenvalue weighted by Crippen LogP contribution is -2.60. The van der Waals surface area contributed by atoms with Crippen molar-refractivity contribution in [1.29, 1.82) is 0 Å². The molecule has 0 unspecified atom stereocenters. The van der Waals surface area contributed by atoms with E-state index in [4.69, 9.17) is 18.9 Å². The van der Waals surface area contributed by atoms with Crippen molar-refractivity contribution >= 4 is 11.8 Å². The minimum absolute atomic E-state index is 0.133. The SMILES string of the molecule is CCCCCCCCCCCCCCCCCCCCCCCCCCN[C@@H](CO[C@@H]1O[C@H](COC(=O)Nc2ccc(OCC)cc2)[C@H](O)[C@H](O)[C@H]1O)[C@H](O)[C@H](O)CCCCCCCCCCCCCC. The zero-order valence-electron chi connectivity index (χ0n) is 45.7. The van der Waals surface area contributed by atoms with Crippen LogP contribution in [-0.4, -0.2) is 107 Å². The average molecular weight is 1010 g/mol. The smallest absolute Gasteiger partial charge is 0.411 e. The molecule has 1 fully saturated rings. The summed E-state index contributed by atoms with van der Waals surface area (Å²) < 4.78 is 22.6. The van der Waals surface area contributed by atoms with E-state index in [2.05, 4.69) is 24.5 Å². The zero-order valence-corrected chi connectivity index (χ0v) is 45.7. The Balaban J connectivity index is 1.70. The number of benzene rings is 1. The number of aliphatic hydroxyl groups is 5. The Morgan fingerprint density at radius 2 is 0.958 bits per heavy atom. The Kier molecular flexibility index (Phi) is 41.6. The van der Waals surface area contributed by atoms with Crippen LogP contribution in [0.3, 0.4) is 0 Å². The summed E-state index contributed by atoms with van der Waals surface area (Å²) in [5, 5.41) is 60.9. The van der Waals surface area contributed by atoms with E-state index in [0.29, 0.717) is 31.0 Å². The molecule has 1 aliphatic heterocycles. The van der Waals surface area contributed by atoms with Gasteiger partial charge in [-0.15, -0.1) is 0 Å². The molecule has 1 heterocycles. The van der Waals surface area contributed by atoms with Crippen LogP contribution in [-0.2, 0) is 14.2 Å². The van der Waals surface area contributed by atoms with Crippen LogP contribution in [0.5, 0.6) is 5.75 Å². The first-order valence-electron chi connectivity index (χ1n) is 29.8. The van der Waals surface area contributed by atoms with Gasteiger partial charge >= 0.3 is 6.09 Å². The van der Waals surface area contributed by atoms with Crippen molar-refractivity contribution in [2.24, 2.45) is 0 Å². The molecule has 0 aromatic heterocycles. The summed E-state index contributed by atoms with van der Waals surface area (Å²) in [7, 11) is 0. The summed E-state index contributed by atoms with van der Waals surface area (Å²) in [6.07, 6.45) is 36.9. The van der Waals surface area contributed by atoms with Gasteiger partial charge in [-0.05, 0) is 50.6 Å². The van der Waals surface area contributed by atoms with E-state index in [1.54, 1.807) is 24.3 Å². The van der Waals surface area contributed by atoms with Crippen LogP contribution in [0.2, 0.25) is 0 Å². The highest BCUT2D eigenvalue weighted by molar-refractivity contribution is 5.84. The Labute approximate surface area is 433 Å². The summed E-state index contributed by atoms with van der Waals surface area (Å²) in [5.41, 5.74) is 0.476. The Hall–Kier alpha value is -2.03. The van der Waals surface area contributed by atoms with Crippen LogP contribution in [0, 0.1) is 0 Å². The van der Waals surface area contributed by atoms with Crippen LogP contribution in [0.15, 0.2) is 24.3 Å². The van der Waals surface area contributed by atoms with Crippen LogP contribution in [0.4, 0.5) is 10.5 Å². The molecular weight excluding hydrogens is 897 g/mol. The van der Waals surface area contributed by atoms with Crippen LogP contribution >= 0.6 is 0 Å². The van der Waals surface area contributed by atoms with Crippen molar-refractivity contribution in [2.75, 3.05) is 31.7 Å². The number of anilines is 1. The summed E-state index contributed by atoms with van der Waals surface area (Å²) in [6.45, 7) is 7.00. The molecule has 1 amide bonds. The second kappa shape index (κ2) is 45.4. The maximum absolute atomic E-state index is 12.6. The fourth-order valence-electron chi connectivity index (χ4n) is 9.79. The Bertz CT molecular complexity index is 1330. The molecule has 0 radical (unpaired) electrons. The zero-order chi connectivity index (χ0) is 51.4. The topological polar surface area (TPSA) is 179 Å². The monoisotopic (exact) mass is 1010 g/mol. The van der Waals surface area contributed by atoms with Gasteiger partial charge in [-0.25, -0.2) is 4.79 Å². The van der Waals surface area contributed by atoms with Gasteiger partial charge in [-0.1, -0.05) is 239 Å². The Morgan fingerprint density at radius 3 is 1.38 bits per heavy atom. The lowest BCUT2D eigenvalue weighted by atomic mass is 9.98. The molecule has 12 heteroatoms. The van der Waals surface area contributed by atoms with Crippen LogP contribution < -0.4 is 15.4 Å². The maximum Gasteiger partial charge on any atom is 0.411 e. The molecule has 0 spiro atoms. The third-order valence-corrected chi connectivity index (χ3v) is 14.5. The molecule has 2 rings (SSSR count). The highest BCUT2D eigenvalue weighted by Gasteiger charge is 2.45. The van der Waals surface area contributed by atoms with Gasteiger partial charge in [0, 0.05) is 5.69 Å². The van der Waals surface area contributed by atoms with Gasteiger partial charge in [0.15, 0.2) is 6.29 Å². The number of rotatable bonds is 49. The fraction of sp³-hybridized carbons (Fsp3) is 0.881. The number of aliphatic hydroxyl groups excluding tert-OH is 5. The molecule has 7 N–H and O–H groups in total. The molecule has 0 aliphatic carbocycles. The standard InChI is InChI=1S/C59H110N2O10/c1-4-7-9-11-13-15-17-19-20-21-22-23-24-25-26-27-28-29-30-32-34-36-38-40-46-60-51(54(63)52(62)41-39-37-35-33-31-18-16-14-12-10-8-5-2)47-69-58-57(66)56(65)55(64)53(71-58)48-70-59(67)61-49-42-44-50(45-43-49)68-6-3/h42-45,51-58,60,62-66H,4-41,46-48H2,1-3H3,(H,61,67)/t51-,52+,53+,54-,55-,56-,57+,58+/m0/s1. The van der Waals surface area contributed by atoms with E-state index in [1.165, 1.54) is 193 Å². The second-order valence-corrected chi connectivity index (χ2v) is 21.0. The number of carbonyl (C=O) groups excluding carboxylic acids is 1. The maximum atomic E-state index is 12.6. The van der Waals surface area contributed by atoms with Crippen LogP contribution in [0.25, 0.3) is 0 Å². The van der Waals surface area contributed by atoms with E-state index >= 15 is 0 Å². The third-order valence-electron chi connectivity index (χ3n) is 14.5. The number of ether oxygens (including phenoxy) is 4. The van der Waals surface area contributed by atoms with Gasteiger partial charge in [0.1, 0.15) is 36.8 Å². The predicted octanol–water partition coefficient (Wildman–Crippen LogP) is 13.6. The van der Waals surface area contributed by atoms with Gasteiger partial charge in [0.25, 0.3) is 0 Å². The van der Waals surface area contributed by atoms with Crippen molar-refractivity contribution in [3.8, 4) is 5.75 Å². The summed E-state index contributed by atoms with van der Waals surface area (Å²) >= 11 is 0. The van der Waals surface area contributed by atoms with Gasteiger partial charge in [0.05, 0.1) is 31.5 Å². The molecule has 1 aromatic carbocycles. The second-order valence-electron chi connectivity index (χ2n) is 21.0. The molecule has 416 valence electrons. The molecule has 0 bridgehead atoms. The van der Waals surface area contributed by atoms with E-state index in [0.717, 1.165) is 38.5 Å². The average Bonchev–Trinajstić information content (AvgIpc) is 3.37. The van der Waals surface area contributed by atoms with Crippen molar-refractivity contribution in [1.82, 2.24) is 5.32 Å². The first-order valence-corrected chi connectivity index (χ1v) is 29.8. The van der Waals surface area contributed by atoms with Gasteiger partial charge < -0.3 is 49.8 Å². The van der Waals surface area contributed by atoms with Gasteiger partial charge in [0.2, 0.25) is 0 Å². The number of carbonyl (C=O) groups is 1. The molecule has 1 saturated heterocycles. The molecule has 12 nitrogen and oxygen atoms in total. The number of hydrogen-bond acceptors (Lipinski definition) is 11. The highest BCUT2D eigenvalue weighted by Crippen LogP contribution is 2.25. The van der Waals surface area contributed by atoms with Gasteiger partial charge in [-0.3, -0.25) is 5.32 Å². The first-order chi connectivity index (χ1) is 34.7. The molecule has 71 heavy (non-hydrogen) atoms. The summed E-state index contributed by atoms with van der Waals surface area (Å²) in [4.78, 5) is 12.6. The van der Waals surface area contributed by atoms with Crippen molar-refractivity contribution < 1.29 is 49.3 Å². The number of hydrogen-bond donors (Lipinski definition) is 7. The third kappa shape index (κ3) is 33.5. The molecule has 8 atom stereocenters. The van der Waals surface area contributed by atoms with E-state index in [1.807, 2.05) is 6.92 Å². The van der Waals surface area contributed by atoms with E-state index < -0.39 is 61.7 Å². The Morgan fingerprint density at radius 1 is 0.549 bits per heavy atom. The minimum atomic E-state index is -1.64. The quantitative estimate of drug-likeness (QED) is 0.0309. The fourth-order valence-corrected chi connectivity index (χ4v) is 9.79. The summed E-state index contributed by atoms with van der Waals surface area (Å²) in [5.74, 6) is 0.661. The number of amides is 1. The van der Waals surface area contributed by atoms with E-state index in [9.17, 15) is 30.3 Å². The van der Waals surface area contributed by atoms with Crippen molar-refractivity contribution in [3.05, 3.63) is 24.3 Å². The summed E-state index contributed by atoms with van der Waals surface area (Å²) in [6, 6.07) is 6.09. The highest BCUT2D eigenvalue weighted by atomic mass is 16.7. The van der Waals surface area contributed by atoms with E-state index in [-0.39, 0.29) is 6.61 Å². The number of unbranched alkanes of at least 4 members (excludes halogenated alkanes) is 34. The minimum Gasteiger partial charge on any atom is -0.494 e. The largest absolute Gasteiger partial charge is 0.494 e. The molecular formula is C59H110N2O10. The lowest BCUT2D eigenvalue weighted by Gasteiger charge is -2.40. The molecule has 0 saturated carbocycles. The predicted molar refractivity (Wildman–Crippen MR) is 291 cm³/mol. The van der Waals surface area contributed by atoms with Crippen LogP contribution in [0.1, 0.15) is 258 Å². The lowest BCUT2D eigenvalue weighted by molar-refractivity contribution is -0.302. The normalized spacial score (nSPS) is 19.4. The van der Waals surface area contributed by atoms with Crippen molar-refractivity contribution in [2.45, 2.75) is 307 Å². The first kappa shape index (κ1) is 65.1. The number of nitrogens with one attached hydrogen (secondary N) is 2. The van der Waals surface area contributed by atoms with Crippen molar-refractivity contribution in [3.63, 3.8) is 0 Å².